The third-order valence-corrected chi connectivity index (χ3v) is 4.21. The maximum absolute atomic E-state index is 13.5. The van der Waals surface area contributed by atoms with Gasteiger partial charge >= 0.3 is 0 Å². The van der Waals surface area contributed by atoms with Gasteiger partial charge in [0.25, 0.3) is 11.8 Å². The SMILES string of the molecule is COc1cc(F)ccc1Oc1ccccc1C(=O)Nc1ccccc1C=CC(=O)NO. The number of methoxy groups -OCH3 is 1. The summed E-state index contributed by atoms with van der Waals surface area (Å²) in [5.41, 5.74) is 2.74. The van der Waals surface area contributed by atoms with Crippen LogP contribution in [0.25, 0.3) is 6.08 Å². The molecule has 3 aromatic carbocycles. The number of amides is 2. The number of benzene rings is 3. The Morgan fingerprint density at radius 2 is 1.71 bits per heavy atom. The van der Waals surface area contributed by atoms with E-state index in [0.29, 0.717) is 11.3 Å². The number of hydrogen-bond donors (Lipinski definition) is 3. The number of rotatable bonds is 7. The van der Waals surface area contributed by atoms with Crippen LogP contribution < -0.4 is 20.3 Å². The van der Waals surface area contributed by atoms with Crippen LogP contribution in [0.5, 0.6) is 17.2 Å². The highest BCUT2D eigenvalue weighted by Crippen LogP contribution is 2.34. The van der Waals surface area contributed by atoms with Gasteiger partial charge in [0.1, 0.15) is 11.6 Å². The Morgan fingerprint density at radius 1 is 0.968 bits per heavy atom. The fraction of sp³-hybridized carbons (Fsp3) is 0.0435. The zero-order chi connectivity index (χ0) is 22.2. The maximum Gasteiger partial charge on any atom is 0.267 e. The molecule has 0 bridgehead atoms. The molecule has 8 heteroatoms. The van der Waals surface area contributed by atoms with Crippen LogP contribution in [0.1, 0.15) is 15.9 Å². The average molecular weight is 422 g/mol. The molecule has 2 amide bonds. The fourth-order valence-corrected chi connectivity index (χ4v) is 2.74. The molecule has 0 saturated heterocycles. The molecule has 0 aromatic heterocycles. The molecule has 0 aliphatic carbocycles. The van der Waals surface area contributed by atoms with Crippen molar-refractivity contribution in [3.8, 4) is 17.2 Å². The van der Waals surface area contributed by atoms with Crippen LogP contribution in [0, 0.1) is 5.82 Å². The number of carbonyl (C=O) groups excluding carboxylic acids is 2. The van der Waals surface area contributed by atoms with Gasteiger partial charge in [0.2, 0.25) is 0 Å². The third-order valence-electron chi connectivity index (χ3n) is 4.21. The highest BCUT2D eigenvalue weighted by molar-refractivity contribution is 6.07. The second-order valence-corrected chi connectivity index (χ2v) is 6.24. The summed E-state index contributed by atoms with van der Waals surface area (Å²) in [6, 6.07) is 17.2. The Hall–Kier alpha value is -4.17. The van der Waals surface area contributed by atoms with Crippen LogP contribution >= 0.6 is 0 Å². The van der Waals surface area contributed by atoms with E-state index < -0.39 is 17.6 Å². The molecule has 0 atom stereocenters. The Bertz CT molecular complexity index is 1130. The van der Waals surface area contributed by atoms with Crippen LogP contribution in [0.3, 0.4) is 0 Å². The van der Waals surface area contributed by atoms with Gasteiger partial charge in [-0.1, -0.05) is 30.3 Å². The lowest BCUT2D eigenvalue weighted by molar-refractivity contribution is -0.124. The largest absolute Gasteiger partial charge is 0.493 e. The predicted octanol–water partition coefficient (Wildman–Crippen LogP) is 4.40. The molecule has 0 unspecified atom stereocenters. The number of para-hydroxylation sites is 2. The van der Waals surface area contributed by atoms with Crippen molar-refractivity contribution >= 4 is 23.6 Å². The second kappa shape index (κ2) is 10.0. The van der Waals surface area contributed by atoms with E-state index in [4.69, 9.17) is 14.7 Å². The first-order chi connectivity index (χ1) is 15.0. The van der Waals surface area contributed by atoms with Crippen molar-refractivity contribution < 1.29 is 28.7 Å². The zero-order valence-electron chi connectivity index (χ0n) is 16.5. The lowest BCUT2D eigenvalue weighted by Gasteiger charge is -2.14. The quantitative estimate of drug-likeness (QED) is 0.298. The predicted molar refractivity (Wildman–Crippen MR) is 113 cm³/mol. The zero-order valence-corrected chi connectivity index (χ0v) is 16.5. The van der Waals surface area contributed by atoms with Gasteiger partial charge in [-0.25, -0.2) is 9.87 Å². The van der Waals surface area contributed by atoms with E-state index in [9.17, 15) is 14.0 Å². The van der Waals surface area contributed by atoms with Gasteiger partial charge in [-0.2, -0.15) is 0 Å². The summed E-state index contributed by atoms with van der Waals surface area (Å²) in [6.07, 6.45) is 2.58. The standard InChI is InChI=1S/C23H19FN2O5/c1-30-21-14-16(24)11-12-20(21)31-19-9-5-3-7-17(19)23(28)25-18-8-4-2-6-15(18)10-13-22(27)26-29/h2-14,29H,1H3,(H,25,28)(H,26,27). The molecule has 0 aliphatic rings. The number of nitrogens with one attached hydrogen (secondary N) is 2. The Kier molecular flexibility index (Phi) is 6.97. The van der Waals surface area contributed by atoms with E-state index in [1.54, 1.807) is 48.5 Å². The highest BCUT2D eigenvalue weighted by Gasteiger charge is 2.16. The Labute approximate surface area is 177 Å². The molecular formula is C23H19FN2O5. The molecule has 31 heavy (non-hydrogen) atoms. The van der Waals surface area contributed by atoms with Crippen molar-refractivity contribution in [1.29, 1.82) is 0 Å². The normalized spacial score (nSPS) is 10.5. The van der Waals surface area contributed by atoms with Gasteiger partial charge in [0, 0.05) is 17.8 Å². The maximum atomic E-state index is 13.5. The summed E-state index contributed by atoms with van der Waals surface area (Å²) in [5, 5.41) is 11.4. The van der Waals surface area contributed by atoms with Crippen molar-refractivity contribution in [3.05, 3.63) is 89.8 Å². The van der Waals surface area contributed by atoms with E-state index in [-0.39, 0.29) is 22.8 Å². The van der Waals surface area contributed by atoms with E-state index in [2.05, 4.69) is 5.32 Å². The number of hydrogen-bond acceptors (Lipinski definition) is 5. The minimum atomic E-state index is -0.701. The van der Waals surface area contributed by atoms with Crippen LogP contribution in [-0.4, -0.2) is 24.1 Å². The van der Waals surface area contributed by atoms with Gasteiger partial charge in [0.15, 0.2) is 11.5 Å². The third kappa shape index (κ3) is 5.46. The number of carbonyl (C=O) groups is 2. The van der Waals surface area contributed by atoms with Crippen molar-refractivity contribution in [2.45, 2.75) is 0 Å². The second-order valence-electron chi connectivity index (χ2n) is 6.24. The van der Waals surface area contributed by atoms with E-state index >= 15 is 0 Å². The highest BCUT2D eigenvalue weighted by atomic mass is 19.1. The van der Waals surface area contributed by atoms with Crippen molar-refractivity contribution in [1.82, 2.24) is 5.48 Å². The molecule has 3 aromatic rings. The molecule has 158 valence electrons. The lowest BCUT2D eigenvalue weighted by Crippen LogP contribution is -2.15. The lowest BCUT2D eigenvalue weighted by atomic mass is 10.1. The summed E-state index contributed by atoms with van der Waals surface area (Å²) in [6.45, 7) is 0. The average Bonchev–Trinajstić information content (AvgIpc) is 2.79. The molecule has 7 nitrogen and oxygen atoms in total. The molecule has 0 aliphatic heterocycles. The van der Waals surface area contributed by atoms with Crippen molar-refractivity contribution in [2.75, 3.05) is 12.4 Å². The van der Waals surface area contributed by atoms with E-state index in [1.165, 1.54) is 36.9 Å². The first kappa shape index (κ1) is 21.5. The number of ether oxygens (including phenoxy) is 2. The monoisotopic (exact) mass is 422 g/mol. The van der Waals surface area contributed by atoms with Gasteiger partial charge in [-0.05, 0) is 42.0 Å². The number of anilines is 1. The van der Waals surface area contributed by atoms with Crippen LogP contribution in [-0.2, 0) is 4.79 Å². The molecule has 3 N–H and O–H groups in total. The molecular weight excluding hydrogens is 403 g/mol. The molecule has 0 fully saturated rings. The minimum absolute atomic E-state index is 0.188. The van der Waals surface area contributed by atoms with Gasteiger partial charge in [-0.3, -0.25) is 14.8 Å². The topological polar surface area (TPSA) is 96.9 Å². The Balaban J connectivity index is 1.87. The van der Waals surface area contributed by atoms with Gasteiger partial charge in [-0.15, -0.1) is 0 Å². The van der Waals surface area contributed by atoms with E-state index in [0.717, 1.165) is 6.08 Å². The summed E-state index contributed by atoms with van der Waals surface area (Å²) in [4.78, 5) is 24.2. The van der Waals surface area contributed by atoms with Crippen LogP contribution in [0.15, 0.2) is 72.8 Å². The van der Waals surface area contributed by atoms with Gasteiger partial charge in [0.05, 0.1) is 12.7 Å². The molecule has 0 radical (unpaired) electrons. The Morgan fingerprint density at radius 3 is 2.48 bits per heavy atom. The summed E-state index contributed by atoms with van der Waals surface area (Å²) in [5.74, 6) is -0.944. The summed E-state index contributed by atoms with van der Waals surface area (Å²) < 4.78 is 24.4. The number of halogens is 1. The van der Waals surface area contributed by atoms with E-state index in [1.807, 2.05) is 0 Å². The first-order valence-electron chi connectivity index (χ1n) is 9.14. The molecule has 0 spiro atoms. The number of hydroxylamine groups is 1. The summed E-state index contributed by atoms with van der Waals surface area (Å²) in [7, 11) is 1.39. The van der Waals surface area contributed by atoms with Crippen LogP contribution in [0.2, 0.25) is 0 Å². The van der Waals surface area contributed by atoms with Crippen LogP contribution in [0.4, 0.5) is 10.1 Å². The van der Waals surface area contributed by atoms with Crippen molar-refractivity contribution in [3.63, 3.8) is 0 Å². The fourth-order valence-electron chi connectivity index (χ4n) is 2.74. The summed E-state index contributed by atoms with van der Waals surface area (Å²) >= 11 is 0. The molecule has 0 saturated carbocycles. The molecule has 3 rings (SSSR count). The van der Waals surface area contributed by atoms with Gasteiger partial charge < -0.3 is 14.8 Å². The molecule has 0 heterocycles. The smallest absolute Gasteiger partial charge is 0.267 e. The van der Waals surface area contributed by atoms with Crippen molar-refractivity contribution in [2.24, 2.45) is 0 Å². The minimum Gasteiger partial charge on any atom is -0.493 e. The first-order valence-corrected chi connectivity index (χ1v) is 9.14.